The number of H-pyrrole nitrogens is 1. The van der Waals surface area contributed by atoms with Crippen LogP contribution in [0, 0.1) is 5.92 Å². The van der Waals surface area contributed by atoms with E-state index < -0.39 is 59.0 Å². The van der Waals surface area contributed by atoms with Crippen molar-refractivity contribution in [1.82, 2.24) is 20.2 Å². The van der Waals surface area contributed by atoms with E-state index in [0.29, 0.717) is 11.1 Å². The highest BCUT2D eigenvalue weighted by molar-refractivity contribution is 5.92. The third-order valence-corrected chi connectivity index (χ3v) is 6.26. The molecule has 2 aromatic carbocycles. The number of primary amides is 1. The molecule has 3 rings (SSSR count). The maximum atomic E-state index is 13.7. The maximum Gasteiger partial charge on any atom is 0.329 e. The number of carboxylic acids is 1. The first kappa shape index (κ1) is 28.8. The van der Waals surface area contributed by atoms with Crippen molar-refractivity contribution in [3.05, 3.63) is 81.0 Å². The first-order valence-electron chi connectivity index (χ1n) is 12.4. The number of carbonyl (C=O) groups excluding carboxylic acids is 3. The minimum atomic E-state index is -1.41. The van der Waals surface area contributed by atoms with Gasteiger partial charge in [-0.15, -0.1) is 0 Å². The van der Waals surface area contributed by atoms with Gasteiger partial charge in [-0.25, -0.2) is 14.2 Å². The van der Waals surface area contributed by atoms with Crippen LogP contribution < -0.4 is 27.6 Å². The average Bonchev–Trinajstić information content (AvgIpc) is 2.88. The molecule has 0 fully saturated rings. The molecule has 6 N–H and O–H groups in total. The van der Waals surface area contributed by atoms with Crippen LogP contribution >= 0.6 is 0 Å². The van der Waals surface area contributed by atoms with Crippen LogP contribution in [-0.2, 0) is 25.6 Å². The number of fused-ring (bicyclic) bond motifs is 1. The number of carbonyl (C=O) groups is 4. The number of benzene rings is 2. The standard InChI is InChI=1S/C27H31N5O7/c1-15(2)22(24(35)29-19(26(37)38)12-13-21(28)33)31-23(34)20(14-16-8-4-3-5-9-16)32-25(36)17-10-6-7-11-18(17)30-27(32)39/h3-11,15,19-20,22H,12-14H2,1-2H3,(H2,28,33)(H,29,35)(H,30,39)(H,31,34)(H,37,38). The lowest BCUT2D eigenvalue weighted by Gasteiger charge is -2.27. The monoisotopic (exact) mass is 537 g/mol. The molecule has 1 aromatic heterocycles. The molecular formula is C27H31N5O7. The van der Waals surface area contributed by atoms with Crippen molar-refractivity contribution >= 4 is 34.6 Å². The highest BCUT2D eigenvalue weighted by atomic mass is 16.4. The van der Waals surface area contributed by atoms with Crippen molar-refractivity contribution < 1.29 is 24.3 Å². The number of aliphatic carboxylic acids is 1. The molecule has 3 amide bonds. The van der Waals surface area contributed by atoms with Crippen molar-refractivity contribution in [3.8, 4) is 0 Å². The van der Waals surface area contributed by atoms with Crippen LogP contribution in [0.2, 0.25) is 0 Å². The van der Waals surface area contributed by atoms with Crippen LogP contribution in [0.3, 0.4) is 0 Å². The van der Waals surface area contributed by atoms with E-state index in [2.05, 4.69) is 15.6 Å². The van der Waals surface area contributed by atoms with Crippen molar-refractivity contribution in [2.75, 3.05) is 0 Å². The summed E-state index contributed by atoms with van der Waals surface area (Å²) in [5.74, 6) is -4.16. The lowest BCUT2D eigenvalue weighted by atomic mass is 10.00. The number of rotatable bonds is 12. The van der Waals surface area contributed by atoms with Crippen LogP contribution in [0.1, 0.15) is 38.3 Å². The van der Waals surface area contributed by atoms with Gasteiger partial charge in [-0.2, -0.15) is 0 Å². The molecule has 206 valence electrons. The Morgan fingerprint density at radius 3 is 2.21 bits per heavy atom. The van der Waals surface area contributed by atoms with E-state index in [1.807, 2.05) is 0 Å². The number of nitrogens with two attached hydrogens (primary N) is 1. The zero-order valence-corrected chi connectivity index (χ0v) is 21.5. The lowest BCUT2D eigenvalue weighted by molar-refractivity contribution is -0.142. The molecule has 12 heteroatoms. The number of hydrogen-bond acceptors (Lipinski definition) is 6. The number of nitrogens with zero attached hydrogens (tertiary/aromatic N) is 1. The first-order valence-corrected chi connectivity index (χ1v) is 12.4. The molecule has 1 heterocycles. The molecular weight excluding hydrogens is 506 g/mol. The zero-order chi connectivity index (χ0) is 28.7. The van der Waals surface area contributed by atoms with Gasteiger partial charge in [0.15, 0.2) is 0 Å². The van der Waals surface area contributed by atoms with E-state index >= 15 is 0 Å². The topological polar surface area (TPSA) is 193 Å². The Kier molecular flexibility index (Phi) is 9.37. The number of amides is 3. The molecule has 0 aliphatic rings. The van der Waals surface area contributed by atoms with E-state index in [0.717, 1.165) is 4.57 Å². The quantitative estimate of drug-likeness (QED) is 0.221. The Morgan fingerprint density at radius 2 is 1.59 bits per heavy atom. The number of carboxylic acid groups (broad SMARTS) is 1. The number of para-hydroxylation sites is 1. The average molecular weight is 538 g/mol. The largest absolute Gasteiger partial charge is 0.480 e. The second-order valence-corrected chi connectivity index (χ2v) is 9.49. The Morgan fingerprint density at radius 1 is 0.949 bits per heavy atom. The summed E-state index contributed by atoms with van der Waals surface area (Å²) in [6.07, 6.45) is -0.521. The highest BCUT2D eigenvalue weighted by Crippen LogP contribution is 2.15. The predicted octanol–water partition coefficient (Wildman–Crippen LogP) is 0.449. The minimum absolute atomic E-state index is 0.0310. The molecule has 3 aromatic rings. The summed E-state index contributed by atoms with van der Waals surface area (Å²) >= 11 is 0. The summed E-state index contributed by atoms with van der Waals surface area (Å²) in [6.45, 7) is 3.29. The predicted molar refractivity (Wildman–Crippen MR) is 143 cm³/mol. The van der Waals surface area contributed by atoms with Gasteiger partial charge in [-0.3, -0.25) is 19.2 Å². The van der Waals surface area contributed by atoms with Gasteiger partial charge < -0.3 is 26.5 Å². The normalized spacial score (nSPS) is 13.4. The SMILES string of the molecule is CC(C)C(NC(=O)C(Cc1ccccc1)n1c(=O)[nH]c2ccccc2c1=O)C(=O)NC(CCC(N)=O)C(=O)O. The highest BCUT2D eigenvalue weighted by Gasteiger charge is 2.33. The van der Waals surface area contributed by atoms with E-state index in [9.17, 15) is 33.9 Å². The Balaban J connectivity index is 1.97. The second-order valence-electron chi connectivity index (χ2n) is 9.49. The fraction of sp³-hybridized carbons (Fsp3) is 0.333. The van der Waals surface area contributed by atoms with Gasteiger partial charge in [0, 0.05) is 12.8 Å². The van der Waals surface area contributed by atoms with Gasteiger partial charge in [0.2, 0.25) is 17.7 Å². The molecule has 3 atom stereocenters. The third kappa shape index (κ3) is 7.18. The van der Waals surface area contributed by atoms with E-state index in [1.165, 1.54) is 6.07 Å². The minimum Gasteiger partial charge on any atom is -0.480 e. The number of nitrogens with one attached hydrogen (secondary N) is 3. The molecule has 39 heavy (non-hydrogen) atoms. The molecule has 0 spiro atoms. The van der Waals surface area contributed by atoms with Crippen LogP contribution in [0.4, 0.5) is 0 Å². The summed E-state index contributed by atoms with van der Waals surface area (Å²) in [4.78, 5) is 78.5. The molecule has 0 saturated heterocycles. The van der Waals surface area contributed by atoms with Gasteiger partial charge in [0.1, 0.15) is 18.1 Å². The summed E-state index contributed by atoms with van der Waals surface area (Å²) in [7, 11) is 0. The van der Waals surface area contributed by atoms with Gasteiger partial charge in [0.25, 0.3) is 5.56 Å². The first-order chi connectivity index (χ1) is 18.5. The molecule has 0 aliphatic carbocycles. The van der Waals surface area contributed by atoms with Crippen LogP contribution in [0.15, 0.2) is 64.2 Å². The van der Waals surface area contributed by atoms with Gasteiger partial charge in [0.05, 0.1) is 10.9 Å². The molecule has 0 aliphatic heterocycles. The number of aromatic amines is 1. The van der Waals surface area contributed by atoms with Crippen molar-refractivity contribution in [2.45, 2.75) is 51.2 Å². The Hall–Kier alpha value is -4.74. The van der Waals surface area contributed by atoms with Gasteiger partial charge in [-0.1, -0.05) is 56.3 Å². The van der Waals surface area contributed by atoms with Crippen LogP contribution in [0.5, 0.6) is 0 Å². The van der Waals surface area contributed by atoms with Crippen molar-refractivity contribution in [3.63, 3.8) is 0 Å². The summed E-state index contributed by atoms with van der Waals surface area (Å²) < 4.78 is 0.826. The maximum absolute atomic E-state index is 13.7. The van der Waals surface area contributed by atoms with Gasteiger partial charge in [-0.05, 0) is 30.0 Å². The van der Waals surface area contributed by atoms with E-state index in [1.54, 1.807) is 62.4 Å². The third-order valence-electron chi connectivity index (χ3n) is 6.26. The van der Waals surface area contributed by atoms with Crippen molar-refractivity contribution in [2.24, 2.45) is 11.7 Å². The number of hydrogen-bond donors (Lipinski definition) is 5. The van der Waals surface area contributed by atoms with Crippen LogP contribution in [0.25, 0.3) is 10.9 Å². The van der Waals surface area contributed by atoms with Gasteiger partial charge >= 0.3 is 11.7 Å². The zero-order valence-electron chi connectivity index (χ0n) is 21.5. The molecule has 0 bridgehead atoms. The number of aromatic nitrogens is 2. The fourth-order valence-electron chi connectivity index (χ4n) is 4.19. The Bertz CT molecular complexity index is 1480. The van der Waals surface area contributed by atoms with Crippen molar-refractivity contribution in [1.29, 1.82) is 0 Å². The molecule has 3 unspecified atom stereocenters. The summed E-state index contributed by atoms with van der Waals surface area (Å²) in [5.41, 5.74) is 4.62. The van der Waals surface area contributed by atoms with E-state index in [-0.39, 0.29) is 24.6 Å². The Labute approximate surface area is 223 Å². The fourth-order valence-corrected chi connectivity index (χ4v) is 4.19. The molecule has 12 nitrogen and oxygen atoms in total. The molecule has 0 radical (unpaired) electrons. The second kappa shape index (κ2) is 12.7. The van der Waals surface area contributed by atoms with Crippen LogP contribution in [-0.4, -0.2) is 50.4 Å². The van der Waals surface area contributed by atoms with E-state index in [4.69, 9.17) is 5.73 Å². The summed E-state index contributed by atoms with van der Waals surface area (Å²) in [6, 6.07) is 11.2. The molecule has 0 saturated carbocycles. The lowest BCUT2D eigenvalue weighted by Crippen LogP contribution is -2.56. The smallest absolute Gasteiger partial charge is 0.329 e. The summed E-state index contributed by atoms with van der Waals surface area (Å²) in [5, 5.41) is 14.6.